The molecular formula is C14H18FN3O3. The van der Waals surface area contributed by atoms with Crippen LogP contribution in [0, 0.1) is 11.7 Å². The van der Waals surface area contributed by atoms with Gasteiger partial charge in [0.15, 0.2) is 0 Å². The van der Waals surface area contributed by atoms with E-state index < -0.39 is 11.8 Å². The number of urea groups is 1. The van der Waals surface area contributed by atoms with E-state index in [9.17, 15) is 14.0 Å². The van der Waals surface area contributed by atoms with Crippen molar-refractivity contribution in [2.45, 2.75) is 25.7 Å². The van der Waals surface area contributed by atoms with Gasteiger partial charge in [-0.15, -0.1) is 0 Å². The highest BCUT2D eigenvalue weighted by Gasteiger charge is 2.24. The van der Waals surface area contributed by atoms with Gasteiger partial charge < -0.3 is 15.3 Å². The van der Waals surface area contributed by atoms with Crippen LogP contribution >= 0.6 is 0 Å². The number of hydrogen-bond acceptors (Lipinski definition) is 3. The van der Waals surface area contributed by atoms with Gasteiger partial charge in [0.25, 0.3) is 0 Å². The second kappa shape index (κ2) is 7.01. The highest BCUT2D eigenvalue weighted by atomic mass is 19.1. The maximum atomic E-state index is 13.0. The van der Waals surface area contributed by atoms with Crippen molar-refractivity contribution in [3.05, 3.63) is 24.3 Å². The van der Waals surface area contributed by atoms with E-state index in [1.165, 1.54) is 12.3 Å². The predicted molar refractivity (Wildman–Crippen MR) is 74.4 cm³/mol. The quantitative estimate of drug-likeness (QED) is 0.893. The van der Waals surface area contributed by atoms with Crippen molar-refractivity contribution in [3.8, 4) is 0 Å². The van der Waals surface area contributed by atoms with Crippen LogP contribution in [0.2, 0.25) is 0 Å². The first-order valence-electron chi connectivity index (χ1n) is 6.93. The second-order valence-electron chi connectivity index (χ2n) is 5.21. The standard InChI is InChI=1S/C14H18FN3O3/c15-11-6-12(8-16-7-11)17-14(21)18-5-1-2-10(9-18)3-4-13(19)20/h6-8,10H,1-5,9H2,(H,17,21)(H,19,20). The molecule has 0 saturated carbocycles. The first-order chi connectivity index (χ1) is 10.0. The smallest absolute Gasteiger partial charge is 0.321 e. The van der Waals surface area contributed by atoms with Gasteiger partial charge in [-0.2, -0.15) is 0 Å². The van der Waals surface area contributed by atoms with Crippen molar-refractivity contribution in [2.75, 3.05) is 18.4 Å². The first kappa shape index (κ1) is 15.2. The lowest BCUT2D eigenvalue weighted by atomic mass is 9.93. The summed E-state index contributed by atoms with van der Waals surface area (Å²) in [6.07, 6.45) is 4.91. The molecule has 0 aromatic carbocycles. The fourth-order valence-corrected chi connectivity index (χ4v) is 2.50. The highest BCUT2D eigenvalue weighted by Crippen LogP contribution is 2.21. The molecule has 0 spiro atoms. The summed E-state index contributed by atoms with van der Waals surface area (Å²) >= 11 is 0. The zero-order valence-electron chi connectivity index (χ0n) is 11.6. The number of anilines is 1. The average Bonchev–Trinajstić information content (AvgIpc) is 2.45. The fraction of sp³-hybridized carbons (Fsp3) is 0.500. The lowest BCUT2D eigenvalue weighted by Crippen LogP contribution is -2.42. The van der Waals surface area contributed by atoms with Gasteiger partial charge >= 0.3 is 12.0 Å². The molecule has 0 aliphatic carbocycles. The minimum absolute atomic E-state index is 0.119. The summed E-state index contributed by atoms with van der Waals surface area (Å²) in [5, 5.41) is 11.3. The Balaban J connectivity index is 1.88. The number of likely N-dealkylation sites (tertiary alicyclic amines) is 1. The molecule has 1 aliphatic rings. The molecule has 2 rings (SSSR count). The maximum Gasteiger partial charge on any atom is 0.321 e. The number of rotatable bonds is 4. The zero-order chi connectivity index (χ0) is 15.2. The molecule has 6 nitrogen and oxygen atoms in total. The Bertz CT molecular complexity index is 524. The second-order valence-corrected chi connectivity index (χ2v) is 5.21. The summed E-state index contributed by atoms with van der Waals surface area (Å²) in [6.45, 7) is 1.15. The highest BCUT2D eigenvalue weighted by molar-refractivity contribution is 5.89. The minimum Gasteiger partial charge on any atom is -0.481 e. The number of nitrogens with zero attached hydrogens (tertiary/aromatic N) is 2. The molecule has 1 aromatic rings. The largest absolute Gasteiger partial charge is 0.481 e. The molecule has 1 saturated heterocycles. The summed E-state index contributed by atoms with van der Waals surface area (Å²) < 4.78 is 13.0. The van der Waals surface area contributed by atoms with Gasteiger partial charge in [0, 0.05) is 25.6 Å². The lowest BCUT2D eigenvalue weighted by Gasteiger charge is -2.32. The summed E-state index contributed by atoms with van der Waals surface area (Å²) in [7, 11) is 0. The van der Waals surface area contributed by atoms with E-state index >= 15 is 0 Å². The Labute approximate surface area is 122 Å². The zero-order valence-corrected chi connectivity index (χ0v) is 11.6. The third-order valence-corrected chi connectivity index (χ3v) is 3.53. The third-order valence-electron chi connectivity index (χ3n) is 3.53. The summed E-state index contributed by atoms with van der Waals surface area (Å²) in [5.41, 5.74) is 0.313. The number of carbonyl (C=O) groups excluding carboxylic acids is 1. The van der Waals surface area contributed by atoms with Gasteiger partial charge in [-0.3, -0.25) is 9.78 Å². The van der Waals surface area contributed by atoms with E-state index in [0.29, 0.717) is 25.2 Å². The molecule has 0 radical (unpaired) electrons. The van der Waals surface area contributed by atoms with Crippen LogP contribution in [0.3, 0.4) is 0 Å². The number of halogens is 1. The SMILES string of the molecule is O=C(O)CCC1CCCN(C(=O)Nc2cncc(F)c2)C1. The van der Waals surface area contributed by atoms with E-state index in [2.05, 4.69) is 10.3 Å². The number of aliphatic carboxylic acids is 1. The van der Waals surface area contributed by atoms with Crippen LogP contribution in [0.5, 0.6) is 0 Å². The Hall–Kier alpha value is -2.18. The van der Waals surface area contributed by atoms with Crippen LogP contribution < -0.4 is 5.32 Å². The number of carbonyl (C=O) groups is 2. The molecule has 1 fully saturated rings. The summed E-state index contributed by atoms with van der Waals surface area (Å²) in [5.74, 6) is -1.13. The van der Waals surface area contributed by atoms with Gasteiger partial charge in [-0.1, -0.05) is 0 Å². The molecule has 0 bridgehead atoms. The maximum absolute atomic E-state index is 13.0. The van der Waals surface area contributed by atoms with Crippen LogP contribution in [-0.2, 0) is 4.79 Å². The lowest BCUT2D eigenvalue weighted by molar-refractivity contribution is -0.137. The normalized spacial score (nSPS) is 18.3. The van der Waals surface area contributed by atoms with Crippen molar-refractivity contribution in [1.29, 1.82) is 0 Å². The van der Waals surface area contributed by atoms with Gasteiger partial charge in [-0.25, -0.2) is 9.18 Å². The molecule has 2 heterocycles. The summed E-state index contributed by atoms with van der Waals surface area (Å²) in [4.78, 5) is 28.0. The van der Waals surface area contributed by atoms with Crippen molar-refractivity contribution in [3.63, 3.8) is 0 Å². The van der Waals surface area contributed by atoms with Crippen molar-refractivity contribution < 1.29 is 19.1 Å². The number of carboxylic acids is 1. The van der Waals surface area contributed by atoms with Crippen LogP contribution in [0.4, 0.5) is 14.9 Å². The number of piperidine rings is 1. The Morgan fingerprint density at radius 3 is 3.00 bits per heavy atom. The van der Waals surface area contributed by atoms with Gasteiger partial charge in [-0.05, 0) is 25.2 Å². The molecule has 2 amide bonds. The third kappa shape index (κ3) is 4.70. The Morgan fingerprint density at radius 1 is 1.48 bits per heavy atom. The number of pyridine rings is 1. The molecule has 21 heavy (non-hydrogen) atoms. The van der Waals surface area contributed by atoms with E-state index in [4.69, 9.17) is 5.11 Å². The van der Waals surface area contributed by atoms with Crippen molar-refractivity contribution >= 4 is 17.7 Å². The molecule has 1 atom stereocenters. The molecule has 1 aromatic heterocycles. The molecule has 114 valence electrons. The number of hydrogen-bond donors (Lipinski definition) is 2. The van der Waals surface area contributed by atoms with E-state index in [1.807, 2.05) is 0 Å². The molecule has 2 N–H and O–H groups in total. The molecular weight excluding hydrogens is 277 g/mol. The molecule has 7 heteroatoms. The van der Waals surface area contributed by atoms with E-state index in [-0.39, 0.29) is 18.4 Å². The first-order valence-corrected chi connectivity index (χ1v) is 6.93. The van der Waals surface area contributed by atoms with Crippen LogP contribution in [0.1, 0.15) is 25.7 Å². The van der Waals surface area contributed by atoms with E-state index in [1.54, 1.807) is 4.90 Å². The average molecular weight is 295 g/mol. The van der Waals surface area contributed by atoms with Gasteiger partial charge in [0.05, 0.1) is 18.1 Å². The topological polar surface area (TPSA) is 82.5 Å². The Morgan fingerprint density at radius 2 is 2.29 bits per heavy atom. The Kier molecular flexibility index (Phi) is 5.08. The van der Waals surface area contributed by atoms with Crippen LogP contribution in [0.15, 0.2) is 18.5 Å². The monoisotopic (exact) mass is 295 g/mol. The number of aromatic nitrogens is 1. The number of amides is 2. The number of carboxylic acid groups (broad SMARTS) is 1. The minimum atomic E-state index is -0.817. The van der Waals surface area contributed by atoms with Crippen molar-refractivity contribution in [2.24, 2.45) is 5.92 Å². The van der Waals surface area contributed by atoms with Gasteiger partial charge in [0.1, 0.15) is 5.82 Å². The number of nitrogens with one attached hydrogen (secondary N) is 1. The van der Waals surface area contributed by atoms with Crippen LogP contribution in [-0.4, -0.2) is 40.1 Å². The summed E-state index contributed by atoms with van der Waals surface area (Å²) in [6, 6.07) is 0.902. The van der Waals surface area contributed by atoms with Gasteiger partial charge in [0.2, 0.25) is 0 Å². The van der Waals surface area contributed by atoms with Crippen molar-refractivity contribution in [1.82, 2.24) is 9.88 Å². The van der Waals surface area contributed by atoms with Crippen LogP contribution in [0.25, 0.3) is 0 Å². The predicted octanol–water partition coefficient (Wildman–Crippen LogP) is 2.33. The van der Waals surface area contributed by atoms with E-state index in [0.717, 1.165) is 19.0 Å². The molecule has 1 aliphatic heterocycles. The molecule has 1 unspecified atom stereocenters. The fourth-order valence-electron chi connectivity index (χ4n) is 2.50.